The SMILES string of the molecule is Nc1nc2ccccc2nc1N(Cc1ccsc1)C1CC1. The molecule has 21 heavy (non-hydrogen) atoms. The molecule has 1 aliphatic rings. The van der Waals surface area contributed by atoms with E-state index in [1.165, 1.54) is 18.4 Å². The Morgan fingerprint density at radius 3 is 2.57 bits per heavy atom. The molecule has 1 fully saturated rings. The number of fused-ring (bicyclic) bond motifs is 1. The predicted molar refractivity (Wildman–Crippen MR) is 87.5 cm³/mol. The summed E-state index contributed by atoms with van der Waals surface area (Å²) in [5.41, 5.74) is 9.23. The maximum atomic E-state index is 6.17. The lowest BCUT2D eigenvalue weighted by Crippen LogP contribution is -2.27. The molecule has 1 aliphatic carbocycles. The van der Waals surface area contributed by atoms with E-state index < -0.39 is 0 Å². The lowest BCUT2D eigenvalue weighted by Gasteiger charge is -2.24. The number of thiophene rings is 1. The largest absolute Gasteiger partial charge is 0.381 e. The van der Waals surface area contributed by atoms with Crippen LogP contribution in [0, 0.1) is 0 Å². The summed E-state index contributed by atoms with van der Waals surface area (Å²) in [5.74, 6) is 1.35. The second-order valence-electron chi connectivity index (χ2n) is 5.41. The first-order valence-electron chi connectivity index (χ1n) is 7.11. The molecule has 5 heteroatoms. The number of nitrogens with two attached hydrogens (primary N) is 1. The molecule has 4 nitrogen and oxygen atoms in total. The van der Waals surface area contributed by atoms with Gasteiger partial charge in [-0.15, -0.1) is 0 Å². The Morgan fingerprint density at radius 1 is 1.14 bits per heavy atom. The molecule has 2 N–H and O–H groups in total. The Labute approximate surface area is 127 Å². The normalized spacial score (nSPS) is 14.5. The van der Waals surface area contributed by atoms with Crippen LogP contribution in [0.5, 0.6) is 0 Å². The average molecular weight is 296 g/mol. The standard InChI is InChI=1S/C16H16N4S/c17-15-16(19-14-4-2-1-3-13(14)18-15)20(12-5-6-12)9-11-7-8-21-10-11/h1-4,7-8,10,12H,5-6,9H2,(H2,17,18). The first-order valence-corrected chi connectivity index (χ1v) is 8.05. The molecule has 1 saturated carbocycles. The molecule has 0 atom stereocenters. The second-order valence-corrected chi connectivity index (χ2v) is 6.19. The molecule has 0 radical (unpaired) electrons. The van der Waals surface area contributed by atoms with Gasteiger partial charge in [0.15, 0.2) is 11.6 Å². The van der Waals surface area contributed by atoms with E-state index in [9.17, 15) is 0 Å². The van der Waals surface area contributed by atoms with Crippen LogP contribution in [-0.4, -0.2) is 16.0 Å². The summed E-state index contributed by atoms with van der Waals surface area (Å²) >= 11 is 1.72. The molecule has 0 aliphatic heterocycles. The van der Waals surface area contributed by atoms with Gasteiger partial charge in [-0.2, -0.15) is 11.3 Å². The fourth-order valence-electron chi connectivity index (χ4n) is 2.56. The van der Waals surface area contributed by atoms with Crippen molar-refractivity contribution in [2.45, 2.75) is 25.4 Å². The van der Waals surface area contributed by atoms with Crippen molar-refractivity contribution in [1.29, 1.82) is 0 Å². The van der Waals surface area contributed by atoms with E-state index in [1.807, 2.05) is 24.3 Å². The highest BCUT2D eigenvalue weighted by molar-refractivity contribution is 7.07. The minimum absolute atomic E-state index is 0.524. The number of nitrogens with zero attached hydrogens (tertiary/aromatic N) is 3. The number of anilines is 2. The average Bonchev–Trinajstić information content (AvgIpc) is 3.21. The highest BCUT2D eigenvalue weighted by Gasteiger charge is 2.31. The Morgan fingerprint density at radius 2 is 1.90 bits per heavy atom. The van der Waals surface area contributed by atoms with E-state index in [4.69, 9.17) is 10.7 Å². The van der Waals surface area contributed by atoms with Crippen LogP contribution in [0.1, 0.15) is 18.4 Å². The fraction of sp³-hybridized carbons (Fsp3) is 0.250. The molecule has 0 saturated heterocycles. The molecule has 2 aromatic heterocycles. The number of hydrogen-bond acceptors (Lipinski definition) is 5. The molecule has 3 aromatic rings. The first-order chi connectivity index (χ1) is 10.3. The number of rotatable bonds is 4. The zero-order chi connectivity index (χ0) is 14.2. The third kappa shape index (κ3) is 2.45. The van der Waals surface area contributed by atoms with Gasteiger partial charge >= 0.3 is 0 Å². The Bertz CT molecular complexity index is 765. The summed E-state index contributed by atoms with van der Waals surface area (Å²) < 4.78 is 0. The molecule has 0 bridgehead atoms. The van der Waals surface area contributed by atoms with Crippen molar-refractivity contribution in [1.82, 2.24) is 9.97 Å². The van der Waals surface area contributed by atoms with Crippen LogP contribution in [0.4, 0.5) is 11.6 Å². The van der Waals surface area contributed by atoms with E-state index in [0.717, 1.165) is 23.4 Å². The Balaban J connectivity index is 1.76. The van der Waals surface area contributed by atoms with Crippen LogP contribution in [0.3, 0.4) is 0 Å². The number of benzene rings is 1. The second kappa shape index (κ2) is 5.00. The molecule has 2 heterocycles. The zero-order valence-electron chi connectivity index (χ0n) is 11.6. The molecule has 0 unspecified atom stereocenters. The molecule has 106 valence electrons. The van der Waals surface area contributed by atoms with E-state index in [2.05, 4.69) is 26.7 Å². The van der Waals surface area contributed by atoms with Gasteiger partial charge in [0.25, 0.3) is 0 Å². The summed E-state index contributed by atoms with van der Waals surface area (Å²) in [6, 6.07) is 10.6. The molecule has 0 amide bonds. The first kappa shape index (κ1) is 12.6. The van der Waals surface area contributed by atoms with E-state index in [-0.39, 0.29) is 0 Å². The fourth-order valence-corrected chi connectivity index (χ4v) is 3.22. The molecule has 4 rings (SSSR count). The van der Waals surface area contributed by atoms with Crippen LogP contribution >= 0.6 is 11.3 Å². The topological polar surface area (TPSA) is 55.0 Å². The smallest absolute Gasteiger partial charge is 0.172 e. The zero-order valence-corrected chi connectivity index (χ0v) is 12.4. The van der Waals surface area contributed by atoms with Crippen LogP contribution in [0.15, 0.2) is 41.1 Å². The summed E-state index contributed by atoms with van der Waals surface area (Å²) in [6.45, 7) is 0.853. The summed E-state index contributed by atoms with van der Waals surface area (Å²) in [7, 11) is 0. The maximum absolute atomic E-state index is 6.17. The number of aromatic nitrogens is 2. The Kier molecular flexibility index (Phi) is 3.00. The molecular formula is C16H16N4S. The van der Waals surface area contributed by atoms with E-state index in [0.29, 0.717) is 11.9 Å². The van der Waals surface area contributed by atoms with Crippen molar-refractivity contribution >= 4 is 34.0 Å². The highest BCUT2D eigenvalue weighted by Crippen LogP contribution is 2.35. The lowest BCUT2D eigenvalue weighted by atomic mass is 10.2. The van der Waals surface area contributed by atoms with Crippen LogP contribution in [0.2, 0.25) is 0 Å². The minimum atomic E-state index is 0.524. The van der Waals surface area contributed by atoms with Gasteiger partial charge in [-0.25, -0.2) is 9.97 Å². The van der Waals surface area contributed by atoms with Crippen LogP contribution < -0.4 is 10.6 Å². The highest BCUT2D eigenvalue weighted by atomic mass is 32.1. The van der Waals surface area contributed by atoms with E-state index >= 15 is 0 Å². The predicted octanol–water partition coefficient (Wildman–Crippen LogP) is 3.44. The minimum Gasteiger partial charge on any atom is -0.381 e. The third-order valence-electron chi connectivity index (χ3n) is 3.77. The number of nitrogen functional groups attached to an aromatic ring is 1. The Hall–Kier alpha value is -2.14. The van der Waals surface area contributed by atoms with Crippen LogP contribution in [-0.2, 0) is 6.54 Å². The van der Waals surface area contributed by atoms with Gasteiger partial charge in [0.2, 0.25) is 0 Å². The van der Waals surface area contributed by atoms with Crippen molar-refractivity contribution in [2.75, 3.05) is 10.6 Å². The molecule has 0 spiro atoms. The summed E-state index contributed by atoms with van der Waals surface area (Å²) in [4.78, 5) is 11.6. The number of para-hydroxylation sites is 2. The van der Waals surface area contributed by atoms with Gasteiger partial charge in [0, 0.05) is 12.6 Å². The summed E-state index contributed by atoms with van der Waals surface area (Å²) in [6.07, 6.45) is 2.41. The van der Waals surface area contributed by atoms with Crippen molar-refractivity contribution in [3.8, 4) is 0 Å². The quantitative estimate of drug-likeness (QED) is 0.801. The van der Waals surface area contributed by atoms with E-state index in [1.54, 1.807) is 11.3 Å². The maximum Gasteiger partial charge on any atom is 0.172 e. The third-order valence-corrected chi connectivity index (χ3v) is 4.50. The van der Waals surface area contributed by atoms with Gasteiger partial charge in [-0.05, 0) is 47.4 Å². The van der Waals surface area contributed by atoms with Gasteiger partial charge in [-0.3, -0.25) is 0 Å². The molecular weight excluding hydrogens is 280 g/mol. The monoisotopic (exact) mass is 296 g/mol. The van der Waals surface area contributed by atoms with Crippen LogP contribution in [0.25, 0.3) is 11.0 Å². The van der Waals surface area contributed by atoms with Crippen molar-refractivity contribution in [3.05, 3.63) is 46.7 Å². The van der Waals surface area contributed by atoms with Gasteiger partial charge < -0.3 is 10.6 Å². The van der Waals surface area contributed by atoms with Gasteiger partial charge in [0.05, 0.1) is 11.0 Å². The van der Waals surface area contributed by atoms with Crippen molar-refractivity contribution < 1.29 is 0 Å². The summed E-state index contributed by atoms with van der Waals surface area (Å²) in [5, 5.41) is 4.29. The van der Waals surface area contributed by atoms with Crippen molar-refractivity contribution in [2.24, 2.45) is 0 Å². The van der Waals surface area contributed by atoms with Gasteiger partial charge in [-0.1, -0.05) is 12.1 Å². The number of hydrogen-bond donors (Lipinski definition) is 1. The van der Waals surface area contributed by atoms with Gasteiger partial charge in [0.1, 0.15) is 0 Å². The van der Waals surface area contributed by atoms with Crippen molar-refractivity contribution in [3.63, 3.8) is 0 Å². The molecule has 1 aromatic carbocycles. The lowest BCUT2D eigenvalue weighted by molar-refractivity contribution is 0.782.